The number of carbonyl (C=O) groups is 1. The quantitative estimate of drug-likeness (QED) is 0.787. The monoisotopic (exact) mass is 251 g/mol. The van der Waals surface area contributed by atoms with Gasteiger partial charge in [-0.3, -0.25) is 4.79 Å². The van der Waals surface area contributed by atoms with Crippen molar-refractivity contribution in [1.82, 2.24) is 0 Å². The van der Waals surface area contributed by atoms with Crippen LogP contribution in [-0.4, -0.2) is 19.1 Å². The van der Waals surface area contributed by atoms with E-state index in [0.717, 1.165) is 17.7 Å². The molecule has 0 aliphatic carbocycles. The lowest BCUT2D eigenvalue weighted by molar-refractivity contribution is -0.147. The Balaban J connectivity index is 2.46. The van der Waals surface area contributed by atoms with Crippen molar-refractivity contribution in [1.29, 1.82) is 0 Å². The van der Waals surface area contributed by atoms with Gasteiger partial charge in [-0.05, 0) is 23.6 Å². The first-order chi connectivity index (χ1) is 8.58. The van der Waals surface area contributed by atoms with E-state index in [1.807, 2.05) is 38.1 Å². The van der Waals surface area contributed by atoms with Crippen molar-refractivity contribution in [3.63, 3.8) is 0 Å². The van der Waals surface area contributed by atoms with Gasteiger partial charge in [-0.15, -0.1) is 0 Å². The maximum atomic E-state index is 11.7. The van der Waals surface area contributed by atoms with E-state index < -0.39 is 6.04 Å². The molecule has 0 amide bonds. The molecular formula is C14H21NO3. The number of methoxy groups -OCH3 is 1. The lowest BCUT2D eigenvalue weighted by atomic mass is 10.0. The van der Waals surface area contributed by atoms with Gasteiger partial charge in [-0.2, -0.15) is 0 Å². The van der Waals surface area contributed by atoms with Crippen LogP contribution in [-0.2, 0) is 16.1 Å². The zero-order valence-corrected chi connectivity index (χ0v) is 11.2. The molecule has 4 nitrogen and oxygen atoms in total. The number of benzene rings is 1. The second-order valence-electron chi connectivity index (χ2n) is 4.37. The molecule has 0 spiro atoms. The molecule has 1 aromatic rings. The number of esters is 1. The van der Waals surface area contributed by atoms with E-state index in [4.69, 9.17) is 15.2 Å². The van der Waals surface area contributed by atoms with Gasteiger partial charge in [0.25, 0.3) is 0 Å². The summed E-state index contributed by atoms with van der Waals surface area (Å²) in [6.07, 6.45) is 0.860. The lowest BCUT2D eigenvalue weighted by Gasteiger charge is -2.16. The van der Waals surface area contributed by atoms with Crippen LogP contribution in [0.5, 0.6) is 5.75 Å². The third-order valence-corrected chi connectivity index (χ3v) is 3.07. The fourth-order valence-electron chi connectivity index (χ4n) is 1.46. The Labute approximate surface area is 108 Å². The summed E-state index contributed by atoms with van der Waals surface area (Å²) in [6, 6.07) is 6.84. The van der Waals surface area contributed by atoms with E-state index in [-0.39, 0.29) is 18.5 Å². The molecule has 2 unspecified atom stereocenters. The summed E-state index contributed by atoms with van der Waals surface area (Å²) in [6.45, 7) is 4.19. The summed E-state index contributed by atoms with van der Waals surface area (Å²) in [5.74, 6) is 0.565. The number of hydrogen-bond donors (Lipinski definition) is 1. The van der Waals surface area contributed by atoms with E-state index in [1.54, 1.807) is 7.11 Å². The third-order valence-electron chi connectivity index (χ3n) is 3.07. The highest BCUT2D eigenvalue weighted by Crippen LogP contribution is 2.13. The van der Waals surface area contributed by atoms with Crippen LogP contribution in [0.15, 0.2) is 24.3 Å². The van der Waals surface area contributed by atoms with Crippen molar-refractivity contribution in [2.24, 2.45) is 11.7 Å². The van der Waals surface area contributed by atoms with E-state index in [1.165, 1.54) is 0 Å². The van der Waals surface area contributed by atoms with Gasteiger partial charge in [0, 0.05) is 0 Å². The molecule has 100 valence electrons. The van der Waals surface area contributed by atoms with E-state index in [2.05, 4.69) is 0 Å². The number of carbonyl (C=O) groups excluding carboxylic acids is 1. The predicted molar refractivity (Wildman–Crippen MR) is 70.2 cm³/mol. The second-order valence-corrected chi connectivity index (χ2v) is 4.37. The first-order valence-corrected chi connectivity index (χ1v) is 6.13. The Morgan fingerprint density at radius 2 is 1.94 bits per heavy atom. The van der Waals surface area contributed by atoms with E-state index in [9.17, 15) is 4.79 Å². The minimum absolute atomic E-state index is 0.133. The standard InChI is InChI=1S/C14H21NO3/c1-4-10(2)13(15)14(16)18-9-11-5-7-12(17-3)8-6-11/h5-8,10,13H,4,9,15H2,1-3H3. The SMILES string of the molecule is CCC(C)C(N)C(=O)OCc1ccc(OC)cc1. The fraction of sp³-hybridized carbons (Fsp3) is 0.500. The van der Waals surface area contributed by atoms with Gasteiger partial charge in [0.2, 0.25) is 0 Å². The van der Waals surface area contributed by atoms with Crippen LogP contribution in [0.4, 0.5) is 0 Å². The van der Waals surface area contributed by atoms with E-state index >= 15 is 0 Å². The molecular weight excluding hydrogens is 230 g/mol. The van der Waals surface area contributed by atoms with E-state index in [0.29, 0.717) is 0 Å². The number of hydrogen-bond acceptors (Lipinski definition) is 4. The number of nitrogens with two attached hydrogens (primary N) is 1. The Morgan fingerprint density at radius 1 is 1.33 bits per heavy atom. The topological polar surface area (TPSA) is 61.6 Å². The van der Waals surface area contributed by atoms with Gasteiger partial charge >= 0.3 is 5.97 Å². The van der Waals surface area contributed by atoms with Gasteiger partial charge in [0.1, 0.15) is 18.4 Å². The van der Waals surface area contributed by atoms with Crippen molar-refractivity contribution in [2.45, 2.75) is 32.9 Å². The van der Waals surface area contributed by atoms with Crippen molar-refractivity contribution in [2.75, 3.05) is 7.11 Å². The van der Waals surface area contributed by atoms with Crippen molar-refractivity contribution >= 4 is 5.97 Å². The van der Waals surface area contributed by atoms with Crippen molar-refractivity contribution in [3.05, 3.63) is 29.8 Å². The third kappa shape index (κ3) is 4.04. The largest absolute Gasteiger partial charge is 0.497 e. The summed E-state index contributed by atoms with van der Waals surface area (Å²) < 4.78 is 10.2. The predicted octanol–water partition coefficient (Wildman–Crippen LogP) is 2.11. The van der Waals surface area contributed by atoms with Crippen LogP contribution in [0, 0.1) is 5.92 Å². The molecule has 2 atom stereocenters. The smallest absolute Gasteiger partial charge is 0.323 e. The molecule has 0 heterocycles. The summed E-state index contributed by atoms with van der Waals surface area (Å²) in [4.78, 5) is 11.7. The summed E-state index contributed by atoms with van der Waals surface area (Å²) >= 11 is 0. The Morgan fingerprint density at radius 3 is 2.44 bits per heavy atom. The molecule has 4 heteroatoms. The Bertz CT molecular complexity index is 375. The minimum Gasteiger partial charge on any atom is -0.497 e. The van der Waals surface area contributed by atoms with Gasteiger partial charge in [-0.1, -0.05) is 32.4 Å². The Hall–Kier alpha value is -1.55. The highest BCUT2D eigenvalue weighted by molar-refractivity contribution is 5.75. The minimum atomic E-state index is -0.548. The fourth-order valence-corrected chi connectivity index (χ4v) is 1.46. The zero-order valence-electron chi connectivity index (χ0n) is 11.2. The highest BCUT2D eigenvalue weighted by Gasteiger charge is 2.20. The van der Waals surface area contributed by atoms with Crippen LogP contribution < -0.4 is 10.5 Å². The van der Waals surface area contributed by atoms with Crippen molar-refractivity contribution < 1.29 is 14.3 Å². The van der Waals surface area contributed by atoms with Crippen molar-refractivity contribution in [3.8, 4) is 5.75 Å². The second kappa shape index (κ2) is 7.01. The van der Waals surface area contributed by atoms with Gasteiger partial charge in [0.05, 0.1) is 7.11 Å². The molecule has 0 aromatic heterocycles. The summed E-state index contributed by atoms with van der Waals surface area (Å²) in [7, 11) is 1.61. The molecule has 2 N–H and O–H groups in total. The van der Waals surface area contributed by atoms with Crippen LogP contribution in [0.25, 0.3) is 0 Å². The van der Waals surface area contributed by atoms with Gasteiger partial charge in [0.15, 0.2) is 0 Å². The average molecular weight is 251 g/mol. The van der Waals surface area contributed by atoms with Crippen LogP contribution in [0.2, 0.25) is 0 Å². The molecule has 0 fully saturated rings. The van der Waals surface area contributed by atoms with Crippen LogP contribution >= 0.6 is 0 Å². The molecule has 18 heavy (non-hydrogen) atoms. The summed E-state index contributed by atoms with van der Waals surface area (Å²) in [5.41, 5.74) is 6.70. The molecule has 0 saturated carbocycles. The van der Waals surface area contributed by atoms with Gasteiger partial charge < -0.3 is 15.2 Å². The molecule has 0 aliphatic rings. The zero-order chi connectivity index (χ0) is 13.5. The average Bonchev–Trinajstić information content (AvgIpc) is 2.43. The first-order valence-electron chi connectivity index (χ1n) is 6.13. The molecule has 0 radical (unpaired) electrons. The normalized spacial score (nSPS) is 13.8. The number of rotatable bonds is 6. The molecule has 0 bridgehead atoms. The summed E-state index contributed by atoms with van der Waals surface area (Å²) in [5, 5.41) is 0. The first kappa shape index (κ1) is 14.5. The molecule has 0 aliphatic heterocycles. The maximum absolute atomic E-state index is 11.7. The molecule has 1 aromatic carbocycles. The maximum Gasteiger partial charge on any atom is 0.323 e. The Kier molecular flexibility index (Phi) is 5.65. The van der Waals surface area contributed by atoms with Gasteiger partial charge in [-0.25, -0.2) is 0 Å². The van der Waals surface area contributed by atoms with Crippen LogP contribution in [0.1, 0.15) is 25.8 Å². The number of ether oxygens (including phenoxy) is 2. The van der Waals surface area contributed by atoms with Crippen LogP contribution in [0.3, 0.4) is 0 Å². The molecule has 1 rings (SSSR count). The highest BCUT2D eigenvalue weighted by atomic mass is 16.5. The lowest BCUT2D eigenvalue weighted by Crippen LogP contribution is -2.37. The molecule has 0 saturated heterocycles.